The van der Waals surface area contributed by atoms with Crippen LogP contribution in [0.1, 0.15) is 33.3 Å². The minimum atomic E-state index is -0.863. The third-order valence-electron chi connectivity index (χ3n) is 5.23. The number of hydrogen-bond acceptors (Lipinski definition) is 7. The number of aromatic nitrogens is 1. The number of furan rings is 1. The number of carbonyl (C=O) groups excluding carboxylic acids is 3. The Balaban J connectivity index is 1.73. The summed E-state index contributed by atoms with van der Waals surface area (Å²) in [6.45, 7) is 0.124. The number of hydrogen-bond donors (Lipinski definition) is 1. The van der Waals surface area contributed by atoms with E-state index in [-0.39, 0.29) is 12.1 Å². The molecule has 1 atom stereocenters. The molecule has 1 aromatic carbocycles. The third-order valence-corrected chi connectivity index (χ3v) is 5.23. The Morgan fingerprint density at radius 1 is 1.18 bits per heavy atom. The van der Waals surface area contributed by atoms with Crippen LogP contribution >= 0.6 is 0 Å². The summed E-state index contributed by atoms with van der Waals surface area (Å²) < 4.78 is 9.94. The van der Waals surface area contributed by atoms with Crippen LogP contribution in [0.5, 0.6) is 0 Å². The molecule has 1 N–H and O–H groups in total. The summed E-state index contributed by atoms with van der Waals surface area (Å²) in [6.07, 6.45) is 7.41. The first-order valence-corrected chi connectivity index (χ1v) is 10.1. The number of ketones is 1. The minimum absolute atomic E-state index is 0.0579. The predicted molar refractivity (Wildman–Crippen MR) is 118 cm³/mol. The highest BCUT2D eigenvalue weighted by atomic mass is 16.5. The zero-order valence-corrected chi connectivity index (χ0v) is 17.7. The molecule has 1 aliphatic rings. The van der Waals surface area contributed by atoms with Crippen LogP contribution in [0.2, 0.25) is 0 Å². The van der Waals surface area contributed by atoms with Crippen LogP contribution in [-0.2, 0) is 20.9 Å². The van der Waals surface area contributed by atoms with E-state index in [4.69, 9.17) is 9.15 Å². The van der Waals surface area contributed by atoms with Crippen LogP contribution in [-0.4, -0.2) is 39.8 Å². The minimum Gasteiger partial charge on any atom is -0.503 e. The fourth-order valence-electron chi connectivity index (χ4n) is 3.66. The number of pyridine rings is 1. The highest BCUT2D eigenvalue weighted by molar-refractivity contribution is 6.14. The van der Waals surface area contributed by atoms with E-state index in [1.165, 1.54) is 30.4 Å². The summed E-state index contributed by atoms with van der Waals surface area (Å²) in [5.74, 6) is -1.87. The van der Waals surface area contributed by atoms with Gasteiger partial charge in [-0.25, -0.2) is 4.79 Å². The van der Waals surface area contributed by atoms with Crippen LogP contribution in [0.4, 0.5) is 0 Å². The van der Waals surface area contributed by atoms with Gasteiger partial charge in [-0.3, -0.25) is 14.6 Å². The molecule has 0 radical (unpaired) electrons. The van der Waals surface area contributed by atoms with Crippen molar-refractivity contribution in [1.29, 1.82) is 0 Å². The van der Waals surface area contributed by atoms with Gasteiger partial charge in [-0.2, -0.15) is 0 Å². The van der Waals surface area contributed by atoms with Gasteiger partial charge in [-0.1, -0.05) is 18.2 Å². The molecule has 8 nitrogen and oxygen atoms in total. The Kier molecular flexibility index (Phi) is 6.17. The lowest BCUT2D eigenvalue weighted by Gasteiger charge is -2.26. The van der Waals surface area contributed by atoms with Gasteiger partial charge in [0.15, 0.2) is 11.5 Å². The summed E-state index contributed by atoms with van der Waals surface area (Å²) in [5.41, 5.74) is 1.55. The molecule has 2 aromatic heterocycles. The number of carbonyl (C=O) groups is 3. The second-order valence-electron chi connectivity index (χ2n) is 7.29. The third kappa shape index (κ3) is 4.45. The van der Waals surface area contributed by atoms with Gasteiger partial charge < -0.3 is 19.2 Å². The molecule has 0 aliphatic carbocycles. The van der Waals surface area contributed by atoms with E-state index in [9.17, 15) is 19.5 Å². The van der Waals surface area contributed by atoms with E-state index >= 15 is 0 Å². The number of rotatable bonds is 7. The van der Waals surface area contributed by atoms with Gasteiger partial charge in [0.05, 0.1) is 30.6 Å². The Morgan fingerprint density at radius 2 is 1.97 bits per heavy atom. The molecule has 0 saturated heterocycles. The Hall–Kier alpha value is -4.46. The average Bonchev–Trinajstić information content (AvgIpc) is 3.45. The standard InChI is InChI=1S/C25H20N2O6/c1-32-25(31)18-8-6-17(7-9-18)22-21(20(28)11-10-19-5-3-13-33-19)23(29)24(30)27(22)15-16-4-2-12-26-14-16/h2-14,22,29H,15H2,1H3/b11-10+. The number of methoxy groups -OCH3 is 1. The lowest BCUT2D eigenvalue weighted by Crippen LogP contribution is -2.30. The maximum absolute atomic E-state index is 13.1. The number of ether oxygens (including phenoxy) is 1. The molecule has 1 amide bonds. The van der Waals surface area contributed by atoms with Crippen molar-refractivity contribution in [1.82, 2.24) is 9.88 Å². The highest BCUT2D eigenvalue weighted by Gasteiger charge is 2.42. The molecular weight excluding hydrogens is 424 g/mol. The molecule has 33 heavy (non-hydrogen) atoms. The second-order valence-corrected chi connectivity index (χ2v) is 7.29. The van der Waals surface area contributed by atoms with Crippen molar-refractivity contribution >= 4 is 23.7 Å². The van der Waals surface area contributed by atoms with E-state index in [1.807, 2.05) is 0 Å². The van der Waals surface area contributed by atoms with Crippen LogP contribution in [0, 0.1) is 0 Å². The SMILES string of the molecule is COC(=O)c1ccc(C2C(C(=O)/C=C/c3ccco3)=C(O)C(=O)N2Cc2cccnc2)cc1. The molecule has 0 bridgehead atoms. The first-order valence-electron chi connectivity index (χ1n) is 10.1. The molecule has 0 spiro atoms. The summed E-state index contributed by atoms with van der Waals surface area (Å²) >= 11 is 0. The predicted octanol–water partition coefficient (Wildman–Crippen LogP) is 3.64. The van der Waals surface area contributed by atoms with Crippen LogP contribution in [0.25, 0.3) is 6.08 Å². The molecule has 1 unspecified atom stereocenters. The van der Waals surface area contributed by atoms with Gasteiger partial charge in [-0.05, 0) is 53.6 Å². The molecule has 0 fully saturated rings. The van der Waals surface area contributed by atoms with Crippen molar-refractivity contribution in [2.45, 2.75) is 12.6 Å². The first kappa shape index (κ1) is 21.8. The van der Waals surface area contributed by atoms with Crippen molar-refractivity contribution in [3.05, 3.63) is 107 Å². The van der Waals surface area contributed by atoms with E-state index in [2.05, 4.69) is 4.98 Å². The number of benzene rings is 1. The van der Waals surface area contributed by atoms with Gasteiger partial charge in [0.2, 0.25) is 0 Å². The van der Waals surface area contributed by atoms with Gasteiger partial charge in [0.1, 0.15) is 5.76 Å². The largest absolute Gasteiger partial charge is 0.503 e. The van der Waals surface area contributed by atoms with Gasteiger partial charge in [0.25, 0.3) is 5.91 Å². The van der Waals surface area contributed by atoms with E-state index < -0.39 is 29.5 Å². The number of aliphatic hydroxyl groups excluding tert-OH is 1. The molecular formula is C25H20N2O6. The molecule has 8 heteroatoms. The van der Waals surface area contributed by atoms with E-state index in [0.29, 0.717) is 16.9 Å². The Bertz CT molecular complexity index is 1230. The number of esters is 1. The van der Waals surface area contributed by atoms with Gasteiger partial charge >= 0.3 is 5.97 Å². The van der Waals surface area contributed by atoms with E-state index in [0.717, 1.165) is 5.56 Å². The zero-order chi connectivity index (χ0) is 23.4. The van der Waals surface area contributed by atoms with Gasteiger partial charge in [-0.15, -0.1) is 0 Å². The lowest BCUT2D eigenvalue weighted by atomic mass is 9.94. The molecule has 4 rings (SSSR count). The summed E-state index contributed by atoms with van der Waals surface area (Å²) in [5, 5.41) is 10.7. The second kappa shape index (κ2) is 9.35. The van der Waals surface area contributed by atoms with Crippen molar-refractivity contribution in [2.24, 2.45) is 0 Å². The zero-order valence-electron chi connectivity index (χ0n) is 17.7. The smallest absolute Gasteiger partial charge is 0.337 e. The van der Waals surface area contributed by atoms with Crippen molar-refractivity contribution in [3.8, 4) is 0 Å². The van der Waals surface area contributed by atoms with Crippen LogP contribution in [0.3, 0.4) is 0 Å². The number of nitrogens with zero attached hydrogens (tertiary/aromatic N) is 2. The van der Waals surface area contributed by atoms with Crippen molar-refractivity contribution in [3.63, 3.8) is 0 Å². The quantitative estimate of drug-likeness (QED) is 0.438. The van der Waals surface area contributed by atoms with Crippen LogP contribution in [0.15, 0.2) is 89.0 Å². The Morgan fingerprint density at radius 3 is 2.61 bits per heavy atom. The fourth-order valence-corrected chi connectivity index (χ4v) is 3.66. The average molecular weight is 444 g/mol. The van der Waals surface area contributed by atoms with Crippen molar-refractivity contribution < 1.29 is 28.6 Å². The molecule has 166 valence electrons. The number of amides is 1. The maximum atomic E-state index is 13.1. The summed E-state index contributed by atoms with van der Waals surface area (Å²) in [4.78, 5) is 43.4. The maximum Gasteiger partial charge on any atom is 0.337 e. The fraction of sp³-hybridized carbons (Fsp3) is 0.120. The van der Waals surface area contributed by atoms with E-state index in [1.54, 1.807) is 60.9 Å². The number of aliphatic hydroxyl groups is 1. The van der Waals surface area contributed by atoms with Crippen LogP contribution < -0.4 is 0 Å². The molecule has 1 aliphatic heterocycles. The molecule has 0 saturated carbocycles. The molecule has 3 aromatic rings. The summed E-state index contributed by atoms with van der Waals surface area (Å²) in [7, 11) is 1.28. The normalized spacial score (nSPS) is 16.0. The molecule has 3 heterocycles. The van der Waals surface area contributed by atoms with Crippen molar-refractivity contribution in [2.75, 3.05) is 7.11 Å². The monoisotopic (exact) mass is 444 g/mol. The first-order chi connectivity index (χ1) is 16.0. The topological polar surface area (TPSA) is 110 Å². The highest BCUT2D eigenvalue weighted by Crippen LogP contribution is 2.39. The summed E-state index contributed by atoms with van der Waals surface area (Å²) in [6, 6.07) is 12.4. The Labute approximate surface area is 189 Å². The number of allylic oxidation sites excluding steroid dienone is 1. The van der Waals surface area contributed by atoms with Gasteiger partial charge in [0, 0.05) is 18.9 Å². The lowest BCUT2D eigenvalue weighted by molar-refractivity contribution is -0.130.